The maximum atomic E-state index is 9.32. The summed E-state index contributed by atoms with van der Waals surface area (Å²) >= 11 is 1.51. The summed E-state index contributed by atoms with van der Waals surface area (Å²) in [5, 5.41) is 15.0. The Bertz CT molecular complexity index is 398. The molecule has 2 aromatic rings. The molecule has 0 amide bonds. The Morgan fingerprint density at radius 1 is 1.64 bits per heavy atom. The Balaban J connectivity index is 2.26. The van der Waals surface area contributed by atoms with Gasteiger partial charge in [0.15, 0.2) is 0 Å². The van der Waals surface area contributed by atoms with Crippen molar-refractivity contribution < 1.29 is 9.63 Å². The van der Waals surface area contributed by atoms with Crippen molar-refractivity contribution in [1.29, 1.82) is 0 Å². The fraction of sp³-hybridized carbons (Fsp3) is 0.250. The van der Waals surface area contributed by atoms with Gasteiger partial charge in [0.05, 0.1) is 4.88 Å². The van der Waals surface area contributed by atoms with Crippen LogP contribution < -0.4 is 5.73 Å². The highest BCUT2D eigenvalue weighted by Crippen LogP contribution is 2.22. The summed E-state index contributed by atoms with van der Waals surface area (Å²) in [5.41, 5.74) is 5.26. The van der Waals surface area contributed by atoms with Crippen molar-refractivity contribution in [3.05, 3.63) is 23.4 Å². The minimum Gasteiger partial charge on any atom is -0.382 e. The van der Waals surface area contributed by atoms with Crippen molar-refractivity contribution in [3.63, 3.8) is 0 Å². The number of rotatable bonds is 3. The van der Waals surface area contributed by atoms with Crippen LogP contribution in [0.5, 0.6) is 0 Å². The average molecular weight is 211 g/mol. The van der Waals surface area contributed by atoms with E-state index in [1.165, 1.54) is 11.3 Å². The first-order valence-electron chi connectivity index (χ1n) is 4.07. The van der Waals surface area contributed by atoms with E-state index in [1.54, 1.807) is 0 Å². The molecule has 0 aliphatic heterocycles. The molecule has 0 saturated carbocycles. The van der Waals surface area contributed by atoms with E-state index >= 15 is 0 Å². The second kappa shape index (κ2) is 3.87. The standard InChI is InChI=1S/C8H9N3O2S/c9-4-5(12)8-10-7(11-13-8)6-2-1-3-14-6/h1-3,5,12H,4,9H2/t5-/m0/s1. The molecule has 0 spiro atoms. The van der Waals surface area contributed by atoms with Crippen LogP contribution in [0.15, 0.2) is 22.0 Å². The van der Waals surface area contributed by atoms with E-state index in [0.29, 0.717) is 5.82 Å². The number of aromatic nitrogens is 2. The van der Waals surface area contributed by atoms with Gasteiger partial charge in [-0.15, -0.1) is 11.3 Å². The van der Waals surface area contributed by atoms with Gasteiger partial charge in [0.2, 0.25) is 5.82 Å². The molecule has 0 aromatic carbocycles. The predicted octanol–water partition coefficient (Wildman–Crippen LogP) is 0.790. The third kappa shape index (κ3) is 1.67. The van der Waals surface area contributed by atoms with Crippen molar-refractivity contribution in [2.75, 3.05) is 6.54 Å². The molecule has 3 N–H and O–H groups in total. The monoisotopic (exact) mass is 211 g/mol. The second-order valence-electron chi connectivity index (χ2n) is 2.69. The Labute approximate surface area is 84.2 Å². The zero-order valence-corrected chi connectivity index (χ0v) is 8.07. The summed E-state index contributed by atoms with van der Waals surface area (Å²) in [6.07, 6.45) is -0.879. The van der Waals surface area contributed by atoms with Crippen LogP contribution >= 0.6 is 11.3 Å². The molecule has 0 radical (unpaired) electrons. The molecule has 2 heterocycles. The minimum absolute atomic E-state index is 0.0755. The Morgan fingerprint density at radius 3 is 3.14 bits per heavy atom. The Kier molecular flexibility index (Phi) is 2.58. The molecule has 1 atom stereocenters. The van der Waals surface area contributed by atoms with Gasteiger partial charge in [-0.05, 0) is 11.4 Å². The van der Waals surface area contributed by atoms with Crippen LogP contribution in [0.2, 0.25) is 0 Å². The molecule has 6 heteroatoms. The lowest BCUT2D eigenvalue weighted by molar-refractivity contribution is 0.141. The number of thiophene rings is 1. The van der Waals surface area contributed by atoms with Gasteiger partial charge >= 0.3 is 0 Å². The minimum atomic E-state index is -0.879. The van der Waals surface area contributed by atoms with Crippen LogP contribution in [-0.2, 0) is 0 Å². The molecule has 14 heavy (non-hydrogen) atoms. The fourth-order valence-electron chi connectivity index (χ4n) is 0.977. The van der Waals surface area contributed by atoms with Gasteiger partial charge in [0.1, 0.15) is 6.10 Å². The number of nitrogens with zero attached hydrogens (tertiary/aromatic N) is 2. The van der Waals surface area contributed by atoms with Gasteiger partial charge in [0.25, 0.3) is 5.89 Å². The van der Waals surface area contributed by atoms with Crippen LogP contribution in [0.25, 0.3) is 10.7 Å². The van der Waals surface area contributed by atoms with E-state index < -0.39 is 6.10 Å². The number of aliphatic hydroxyl groups is 1. The predicted molar refractivity (Wildman–Crippen MR) is 51.6 cm³/mol. The first-order valence-corrected chi connectivity index (χ1v) is 4.95. The molecule has 2 aromatic heterocycles. The van der Waals surface area contributed by atoms with E-state index in [9.17, 15) is 5.11 Å². The number of hydrogen-bond donors (Lipinski definition) is 2. The molecule has 0 bridgehead atoms. The highest BCUT2D eigenvalue weighted by molar-refractivity contribution is 7.13. The maximum Gasteiger partial charge on any atom is 0.257 e. The zero-order valence-electron chi connectivity index (χ0n) is 7.25. The van der Waals surface area contributed by atoms with Crippen LogP contribution in [-0.4, -0.2) is 21.8 Å². The van der Waals surface area contributed by atoms with Crippen molar-refractivity contribution in [3.8, 4) is 10.7 Å². The quantitative estimate of drug-likeness (QED) is 0.784. The van der Waals surface area contributed by atoms with Gasteiger partial charge in [-0.1, -0.05) is 11.2 Å². The van der Waals surface area contributed by atoms with Crippen molar-refractivity contribution in [1.82, 2.24) is 10.1 Å². The molecule has 0 fully saturated rings. The van der Waals surface area contributed by atoms with Gasteiger partial charge in [-0.3, -0.25) is 0 Å². The first-order chi connectivity index (χ1) is 6.81. The van der Waals surface area contributed by atoms with E-state index in [0.717, 1.165) is 4.88 Å². The van der Waals surface area contributed by atoms with Gasteiger partial charge < -0.3 is 15.4 Å². The van der Waals surface area contributed by atoms with E-state index in [4.69, 9.17) is 10.3 Å². The average Bonchev–Trinajstić information content (AvgIpc) is 2.86. The van der Waals surface area contributed by atoms with Crippen molar-refractivity contribution in [2.24, 2.45) is 5.73 Å². The van der Waals surface area contributed by atoms with Gasteiger partial charge in [-0.25, -0.2) is 0 Å². The third-order valence-electron chi connectivity index (χ3n) is 1.69. The second-order valence-corrected chi connectivity index (χ2v) is 3.63. The molecule has 5 nitrogen and oxygen atoms in total. The number of nitrogens with two attached hydrogens (primary N) is 1. The first kappa shape index (κ1) is 9.32. The summed E-state index contributed by atoms with van der Waals surface area (Å²) in [7, 11) is 0. The van der Waals surface area contributed by atoms with E-state index in [1.807, 2.05) is 17.5 Å². The van der Waals surface area contributed by atoms with Crippen molar-refractivity contribution >= 4 is 11.3 Å². The molecule has 0 unspecified atom stereocenters. The molecule has 74 valence electrons. The van der Waals surface area contributed by atoms with Crippen LogP contribution in [0, 0.1) is 0 Å². The summed E-state index contributed by atoms with van der Waals surface area (Å²) in [4.78, 5) is 4.93. The summed E-state index contributed by atoms with van der Waals surface area (Å²) in [6, 6.07) is 3.78. The topological polar surface area (TPSA) is 85.2 Å². The molecule has 0 aliphatic rings. The summed E-state index contributed by atoms with van der Waals surface area (Å²) in [6.45, 7) is 0.0755. The van der Waals surface area contributed by atoms with Crippen LogP contribution in [0.1, 0.15) is 12.0 Å². The summed E-state index contributed by atoms with van der Waals surface area (Å²) in [5.74, 6) is 0.651. The Morgan fingerprint density at radius 2 is 2.50 bits per heavy atom. The normalized spacial score (nSPS) is 13.0. The fourth-order valence-corrected chi connectivity index (χ4v) is 1.63. The SMILES string of the molecule is NC[C@H](O)c1nc(-c2cccs2)no1. The number of aliphatic hydroxyl groups excluding tert-OH is 1. The van der Waals surface area contributed by atoms with Gasteiger partial charge in [-0.2, -0.15) is 4.98 Å². The molecule has 2 rings (SSSR count). The third-order valence-corrected chi connectivity index (χ3v) is 2.56. The lowest BCUT2D eigenvalue weighted by atomic mass is 10.3. The lowest BCUT2D eigenvalue weighted by Crippen LogP contribution is -2.11. The van der Waals surface area contributed by atoms with Crippen LogP contribution in [0.3, 0.4) is 0 Å². The lowest BCUT2D eigenvalue weighted by Gasteiger charge is -1.97. The molecular formula is C8H9N3O2S. The van der Waals surface area contributed by atoms with E-state index in [-0.39, 0.29) is 12.4 Å². The molecular weight excluding hydrogens is 202 g/mol. The highest BCUT2D eigenvalue weighted by Gasteiger charge is 2.15. The van der Waals surface area contributed by atoms with Crippen LogP contribution in [0.4, 0.5) is 0 Å². The zero-order chi connectivity index (χ0) is 9.97. The van der Waals surface area contributed by atoms with Crippen molar-refractivity contribution in [2.45, 2.75) is 6.10 Å². The maximum absolute atomic E-state index is 9.32. The van der Waals surface area contributed by atoms with E-state index in [2.05, 4.69) is 10.1 Å². The smallest absolute Gasteiger partial charge is 0.257 e. The largest absolute Gasteiger partial charge is 0.382 e. The van der Waals surface area contributed by atoms with Gasteiger partial charge in [0, 0.05) is 6.54 Å². The molecule has 0 saturated heterocycles. The highest BCUT2D eigenvalue weighted by atomic mass is 32.1. The molecule has 0 aliphatic carbocycles. The number of hydrogen-bond acceptors (Lipinski definition) is 6. The summed E-state index contributed by atoms with van der Waals surface area (Å²) < 4.78 is 4.86. The Hall–Kier alpha value is -1.24.